The maximum absolute atomic E-state index is 12.3. The number of nitrogens with one attached hydrogen (secondary N) is 1. The lowest BCUT2D eigenvalue weighted by Crippen LogP contribution is -2.42. The summed E-state index contributed by atoms with van der Waals surface area (Å²) < 4.78 is 13.3. The average Bonchev–Trinajstić information content (AvgIpc) is 2.37. The van der Waals surface area contributed by atoms with Crippen molar-refractivity contribution in [2.45, 2.75) is 25.8 Å². The highest BCUT2D eigenvalue weighted by Crippen LogP contribution is 2.17. The smallest absolute Gasteiger partial charge is 0.328 e. The molecule has 1 aromatic rings. The van der Waals surface area contributed by atoms with Crippen molar-refractivity contribution in [2.75, 3.05) is 6.67 Å². The molecular formula is C13H15BrFNO3. The Morgan fingerprint density at radius 1 is 1.47 bits per heavy atom. The maximum Gasteiger partial charge on any atom is 0.328 e. The summed E-state index contributed by atoms with van der Waals surface area (Å²) in [6.45, 7) is 0.829. The molecule has 0 saturated carbocycles. The molecule has 0 radical (unpaired) electrons. The molecule has 0 saturated heterocycles. The third kappa shape index (κ3) is 4.98. The van der Waals surface area contributed by atoms with Crippen molar-refractivity contribution < 1.29 is 19.1 Å². The van der Waals surface area contributed by atoms with Crippen molar-refractivity contribution in [3.63, 3.8) is 0 Å². The molecule has 0 aliphatic carbocycles. The fourth-order valence-electron chi connectivity index (χ4n) is 1.55. The van der Waals surface area contributed by atoms with Gasteiger partial charge in [-0.2, -0.15) is 0 Å². The minimum atomic E-state index is -1.46. The van der Waals surface area contributed by atoms with E-state index in [2.05, 4.69) is 21.2 Å². The molecule has 0 aliphatic rings. The van der Waals surface area contributed by atoms with Crippen molar-refractivity contribution in [1.29, 1.82) is 0 Å². The van der Waals surface area contributed by atoms with Crippen LogP contribution in [0.15, 0.2) is 22.7 Å². The van der Waals surface area contributed by atoms with E-state index in [9.17, 15) is 14.0 Å². The molecule has 0 aliphatic heterocycles. The summed E-state index contributed by atoms with van der Waals surface area (Å²) >= 11 is 3.38. The fraction of sp³-hybridized carbons (Fsp3) is 0.385. The Morgan fingerprint density at radius 2 is 2.16 bits per heavy atom. The first-order chi connectivity index (χ1) is 8.93. The van der Waals surface area contributed by atoms with Crippen LogP contribution in [0.3, 0.4) is 0 Å². The first kappa shape index (κ1) is 15.6. The Hall–Kier alpha value is -1.43. The number of hydrogen-bond donors (Lipinski definition) is 2. The highest BCUT2D eigenvalue weighted by molar-refractivity contribution is 9.10. The first-order valence-electron chi connectivity index (χ1n) is 5.77. The summed E-state index contributed by atoms with van der Waals surface area (Å²) in [6, 6.07) is 4.26. The van der Waals surface area contributed by atoms with Crippen molar-refractivity contribution in [1.82, 2.24) is 5.32 Å². The van der Waals surface area contributed by atoms with E-state index >= 15 is 0 Å². The van der Waals surface area contributed by atoms with Gasteiger partial charge in [0.2, 0.25) is 5.91 Å². The Bertz CT molecular complexity index is 479. The minimum absolute atomic E-state index is 0.130. The summed E-state index contributed by atoms with van der Waals surface area (Å²) in [5, 5.41) is 10.8. The number of aliphatic carboxylic acids is 1. The van der Waals surface area contributed by atoms with Crippen LogP contribution in [0.2, 0.25) is 0 Å². The molecule has 19 heavy (non-hydrogen) atoms. The van der Waals surface area contributed by atoms with Gasteiger partial charge in [-0.25, -0.2) is 9.18 Å². The monoisotopic (exact) mass is 331 g/mol. The van der Waals surface area contributed by atoms with Crippen LogP contribution < -0.4 is 5.32 Å². The molecule has 1 aromatic carbocycles. The predicted octanol–water partition coefficient (Wildman–Crippen LogP) is 2.23. The molecule has 1 atom stereocenters. The third-order valence-corrected chi connectivity index (χ3v) is 3.54. The average molecular weight is 332 g/mol. The van der Waals surface area contributed by atoms with Gasteiger partial charge in [-0.05, 0) is 30.5 Å². The van der Waals surface area contributed by atoms with Crippen molar-refractivity contribution >= 4 is 27.8 Å². The molecule has 0 spiro atoms. The predicted molar refractivity (Wildman–Crippen MR) is 72.7 cm³/mol. The number of carboxylic acid groups (broad SMARTS) is 1. The Labute approximate surface area is 119 Å². The topological polar surface area (TPSA) is 66.4 Å². The number of rotatable bonds is 6. The number of carboxylic acids is 1. The van der Waals surface area contributed by atoms with E-state index in [4.69, 9.17) is 5.11 Å². The zero-order valence-corrected chi connectivity index (χ0v) is 12.0. The van der Waals surface area contributed by atoms with Gasteiger partial charge in [0, 0.05) is 10.9 Å². The number of amides is 1. The second kappa shape index (κ2) is 7.23. The van der Waals surface area contributed by atoms with Gasteiger partial charge in [0.05, 0.1) is 0 Å². The molecular weight excluding hydrogens is 317 g/mol. The second-order valence-electron chi connectivity index (χ2n) is 4.20. The van der Waals surface area contributed by atoms with E-state index in [-0.39, 0.29) is 6.42 Å². The Morgan fingerprint density at radius 3 is 2.68 bits per heavy atom. The number of halogens is 2. The van der Waals surface area contributed by atoms with Gasteiger partial charge in [0.15, 0.2) is 6.04 Å². The molecule has 1 amide bonds. The summed E-state index contributed by atoms with van der Waals surface area (Å²) in [7, 11) is 0. The SMILES string of the molecule is Cc1cc(CCC(=O)NC(CF)C(=O)O)ccc1Br. The van der Waals surface area contributed by atoms with Crippen molar-refractivity contribution in [3.8, 4) is 0 Å². The molecule has 2 N–H and O–H groups in total. The van der Waals surface area contributed by atoms with Crippen LogP contribution in [-0.4, -0.2) is 29.7 Å². The lowest BCUT2D eigenvalue weighted by atomic mass is 10.1. The van der Waals surface area contributed by atoms with Gasteiger partial charge in [-0.1, -0.05) is 28.1 Å². The molecule has 0 fully saturated rings. The van der Waals surface area contributed by atoms with Gasteiger partial charge in [0.1, 0.15) is 6.67 Å². The van der Waals surface area contributed by atoms with E-state index in [0.717, 1.165) is 15.6 Å². The first-order valence-corrected chi connectivity index (χ1v) is 6.56. The molecule has 1 rings (SSSR count). The van der Waals surface area contributed by atoms with Gasteiger partial charge in [0.25, 0.3) is 0 Å². The van der Waals surface area contributed by atoms with E-state index in [0.29, 0.717) is 6.42 Å². The standard InChI is InChI=1S/C13H15BrFNO3/c1-8-6-9(2-4-10(8)14)3-5-12(17)16-11(7-15)13(18)19/h2,4,6,11H,3,5,7H2,1H3,(H,16,17)(H,18,19). The van der Waals surface area contributed by atoms with Crippen molar-refractivity contribution in [3.05, 3.63) is 33.8 Å². The number of benzene rings is 1. The zero-order valence-electron chi connectivity index (χ0n) is 10.5. The zero-order chi connectivity index (χ0) is 14.4. The lowest BCUT2D eigenvalue weighted by Gasteiger charge is -2.10. The number of carbonyl (C=O) groups excluding carboxylic acids is 1. The molecule has 0 aromatic heterocycles. The van der Waals surface area contributed by atoms with E-state index in [1.807, 2.05) is 25.1 Å². The van der Waals surface area contributed by atoms with Gasteiger partial charge in [-0.15, -0.1) is 0 Å². The Kier molecular flexibility index (Phi) is 5.95. The third-order valence-electron chi connectivity index (χ3n) is 2.65. The summed E-state index contributed by atoms with van der Waals surface area (Å²) in [5.41, 5.74) is 2.04. The largest absolute Gasteiger partial charge is 0.480 e. The summed E-state index contributed by atoms with van der Waals surface area (Å²) in [4.78, 5) is 22.1. The van der Waals surface area contributed by atoms with Crippen LogP contribution in [-0.2, 0) is 16.0 Å². The fourth-order valence-corrected chi connectivity index (χ4v) is 1.80. The van der Waals surface area contributed by atoms with E-state index in [1.54, 1.807) is 0 Å². The van der Waals surface area contributed by atoms with E-state index in [1.165, 1.54) is 0 Å². The highest BCUT2D eigenvalue weighted by Gasteiger charge is 2.19. The number of alkyl halides is 1. The van der Waals surface area contributed by atoms with Crippen LogP contribution in [0.25, 0.3) is 0 Å². The van der Waals surface area contributed by atoms with Crippen LogP contribution >= 0.6 is 15.9 Å². The highest BCUT2D eigenvalue weighted by atomic mass is 79.9. The molecule has 0 heterocycles. The summed E-state index contributed by atoms with van der Waals surface area (Å²) in [6.07, 6.45) is 0.615. The maximum atomic E-state index is 12.3. The Balaban J connectivity index is 2.49. The second-order valence-corrected chi connectivity index (χ2v) is 5.05. The minimum Gasteiger partial charge on any atom is -0.480 e. The molecule has 6 heteroatoms. The molecule has 1 unspecified atom stereocenters. The van der Waals surface area contributed by atoms with Crippen LogP contribution in [0.5, 0.6) is 0 Å². The number of aryl methyl sites for hydroxylation is 2. The van der Waals surface area contributed by atoms with Gasteiger partial charge >= 0.3 is 5.97 Å². The van der Waals surface area contributed by atoms with Crippen LogP contribution in [0, 0.1) is 6.92 Å². The lowest BCUT2D eigenvalue weighted by molar-refractivity contribution is -0.142. The quantitative estimate of drug-likeness (QED) is 0.840. The molecule has 104 valence electrons. The van der Waals surface area contributed by atoms with Crippen molar-refractivity contribution in [2.24, 2.45) is 0 Å². The van der Waals surface area contributed by atoms with E-state index < -0.39 is 24.6 Å². The van der Waals surface area contributed by atoms with Crippen LogP contribution in [0.1, 0.15) is 17.5 Å². The number of carbonyl (C=O) groups is 2. The van der Waals surface area contributed by atoms with Crippen LogP contribution in [0.4, 0.5) is 4.39 Å². The molecule has 4 nitrogen and oxygen atoms in total. The summed E-state index contributed by atoms with van der Waals surface area (Å²) in [5.74, 6) is -1.83. The van der Waals surface area contributed by atoms with Gasteiger partial charge in [-0.3, -0.25) is 4.79 Å². The van der Waals surface area contributed by atoms with Gasteiger partial charge < -0.3 is 10.4 Å². The number of hydrogen-bond acceptors (Lipinski definition) is 2. The normalized spacial score (nSPS) is 11.9. The molecule has 0 bridgehead atoms.